The molecule has 0 spiro atoms. The Balaban J connectivity index is 1.41. The van der Waals surface area contributed by atoms with E-state index in [1.807, 2.05) is 20.0 Å². The van der Waals surface area contributed by atoms with Crippen LogP contribution < -0.4 is 0 Å². The molecule has 1 N–H and O–H groups in total. The van der Waals surface area contributed by atoms with E-state index < -0.39 is 6.61 Å². The van der Waals surface area contributed by atoms with E-state index in [1.54, 1.807) is 4.90 Å². The molecule has 2 aliphatic rings. The molecule has 0 radical (unpaired) electrons. The van der Waals surface area contributed by atoms with Crippen LogP contribution in [0.1, 0.15) is 60.2 Å². The quantitative estimate of drug-likeness (QED) is 0.259. The van der Waals surface area contributed by atoms with Gasteiger partial charge in [-0.25, -0.2) is 0 Å². The summed E-state index contributed by atoms with van der Waals surface area (Å²) in [5, 5.41) is 14.7. The lowest BCUT2D eigenvalue weighted by Crippen LogP contribution is -2.39. The highest BCUT2D eigenvalue weighted by Crippen LogP contribution is 2.42. The lowest BCUT2D eigenvalue weighted by atomic mass is 9.86. The van der Waals surface area contributed by atoms with Crippen molar-refractivity contribution in [2.45, 2.75) is 51.5 Å². The fourth-order valence-corrected chi connectivity index (χ4v) is 7.39. The van der Waals surface area contributed by atoms with E-state index in [0.717, 1.165) is 77.9 Å². The van der Waals surface area contributed by atoms with Gasteiger partial charge in [0.1, 0.15) is 12.4 Å². The number of ether oxygens (including phenoxy) is 1. The van der Waals surface area contributed by atoms with Crippen LogP contribution in [0.4, 0.5) is 0 Å². The average molecular weight is 579 g/mol. The van der Waals surface area contributed by atoms with Crippen molar-refractivity contribution in [2.24, 2.45) is 5.92 Å². The van der Waals surface area contributed by atoms with Gasteiger partial charge in [0, 0.05) is 49.0 Å². The van der Waals surface area contributed by atoms with Crippen LogP contribution in [0.5, 0.6) is 0 Å². The molecule has 222 valence electrons. The molecule has 0 unspecified atom stereocenters. The fraction of sp³-hybridized carbons (Fsp3) is 0.400. The minimum Gasteiger partial charge on any atom is -0.387 e. The van der Waals surface area contributed by atoms with Gasteiger partial charge in [-0.3, -0.25) is 9.78 Å². The molecule has 0 bridgehead atoms. The molecule has 3 aromatic heterocycles. The molecule has 1 amide bonds. The number of benzene rings is 2. The minimum atomic E-state index is -0.423. The number of pyridine rings is 1. The first kappa shape index (κ1) is 27.8. The van der Waals surface area contributed by atoms with Gasteiger partial charge in [0.2, 0.25) is 5.91 Å². The van der Waals surface area contributed by atoms with E-state index in [2.05, 4.69) is 64.3 Å². The van der Waals surface area contributed by atoms with E-state index in [1.165, 1.54) is 16.6 Å². The van der Waals surface area contributed by atoms with E-state index in [0.29, 0.717) is 24.9 Å². The Morgan fingerprint density at radius 2 is 1.77 bits per heavy atom. The molecule has 2 aromatic carbocycles. The molecular weight excluding hydrogens is 540 g/mol. The summed E-state index contributed by atoms with van der Waals surface area (Å²) in [6.45, 7) is 6.39. The SMILES string of the molecule is Cc1noc(C)c1-c1cnc2c3cc(C4CCN(C(=O)CO)CC4)ccc3n([C@H](c3ccccc3)C3CCOCC3)c2c1. The van der Waals surface area contributed by atoms with Crippen molar-refractivity contribution in [2.75, 3.05) is 32.9 Å². The Morgan fingerprint density at radius 1 is 1.00 bits per heavy atom. The fourth-order valence-electron chi connectivity index (χ4n) is 7.39. The third-order valence-corrected chi connectivity index (χ3v) is 9.57. The first-order chi connectivity index (χ1) is 21.0. The van der Waals surface area contributed by atoms with Gasteiger partial charge in [0.15, 0.2) is 0 Å². The van der Waals surface area contributed by atoms with Crippen molar-refractivity contribution in [1.29, 1.82) is 0 Å². The molecule has 2 fully saturated rings. The number of rotatable bonds is 6. The van der Waals surface area contributed by atoms with Crippen LogP contribution in [0, 0.1) is 19.8 Å². The normalized spacial score (nSPS) is 17.6. The maximum atomic E-state index is 12.0. The standard InChI is InChI=1S/C35H38N4O4/c1-22-33(23(2)43-37-22)28-19-31-34(36-20-28)29-18-27(24-10-14-38(15-11-24)32(41)21-40)8-9-30(29)39(31)35(25-6-4-3-5-7-25)26-12-16-42-17-13-26/h3-9,18-20,24,26,35,40H,10-17,21H2,1-2H3/t35-/m1/s1. The van der Waals surface area contributed by atoms with Gasteiger partial charge in [-0.05, 0) is 80.7 Å². The Hall–Kier alpha value is -4.01. The Bertz CT molecular complexity index is 1740. The van der Waals surface area contributed by atoms with Crippen LogP contribution in [0.2, 0.25) is 0 Å². The van der Waals surface area contributed by atoms with Crippen molar-refractivity contribution < 1.29 is 19.2 Å². The molecular formula is C35H38N4O4. The topological polar surface area (TPSA) is 93.6 Å². The van der Waals surface area contributed by atoms with Crippen LogP contribution in [0.25, 0.3) is 33.1 Å². The summed E-state index contributed by atoms with van der Waals surface area (Å²) in [5.74, 6) is 1.38. The number of aliphatic hydroxyl groups excluding tert-OH is 1. The van der Waals surface area contributed by atoms with Crippen molar-refractivity contribution >= 4 is 27.8 Å². The molecule has 2 aliphatic heterocycles. The van der Waals surface area contributed by atoms with Crippen LogP contribution >= 0.6 is 0 Å². The number of aliphatic hydroxyl groups is 1. The van der Waals surface area contributed by atoms with Crippen LogP contribution in [-0.2, 0) is 9.53 Å². The first-order valence-corrected chi connectivity index (χ1v) is 15.4. The monoisotopic (exact) mass is 578 g/mol. The summed E-state index contributed by atoms with van der Waals surface area (Å²) < 4.78 is 13.9. The maximum absolute atomic E-state index is 12.0. The first-order valence-electron chi connectivity index (χ1n) is 15.4. The number of hydrogen-bond donors (Lipinski definition) is 1. The molecule has 7 rings (SSSR count). The van der Waals surface area contributed by atoms with Gasteiger partial charge in [-0.1, -0.05) is 41.6 Å². The summed E-state index contributed by atoms with van der Waals surface area (Å²) >= 11 is 0. The van der Waals surface area contributed by atoms with E-state index >= 15 is 0 Å². The molecule has 0 saturated carbocycles. The number of hydrogen-bond acceptors (Lipinski definition) is 6. The highest BCUT2D eigenvalue weighted by atomic mass is 16.5. The van der Waals surface area contributed by atoms with Crippen molar-refractivity contribution in [3.63, 3.8) is 0 Å². The molecule has 8 heteroatoms. The number of fused-ring (bicyclic) bond motifs is 3. The number of aryl methyl sites for hydroxylation is 2. The lowest BCUT2D eigenvalue weighted by molar-refractivity contribution is -0.135. The predicted octanol–water partition coefficient (Wildman–Crippen LogP) is 6.18. The minimum absolute atomic E-state index is 0.130. The summed E-state index contributed by atoms with van der Waals surface area (Å²) in [5.41, 5.74) is 8.71. The molecule has 1 atom stereocenters. The molecule has 43 heavy (non-hydrogen) atoms. The third kappa shape index (κ3) is 5.02. The van der Waals surface area contributed by atoms with Crippen molar-refractivity contribution in [3.8, 4) is 11.1 Å². The zero-order valence-electron chi connectivity index (χ0n) is 24.8. The largest absolute Gasteiger partial charge is 0.387 e. The highest BCUT2D eigenvalue weighted by Gasteiger charge is 2.31. The second-order valence-electron chi connectivity index (χ2n) is 12.1. The van der Waals surface area contributed by atoms with Crippen molar-refractivity contribution in [1.82, 2.24) is 19.6 Å². The van der Waals surface area contributed by atoms with Crippen molar-refractivity contribution in [3.05, 3.63) is 83.4 Å². The highest BCUT2D eigenvalue weighted by molar-refractivity contribution is 6.07. The van der Waals surface area contributed by atoms with E-state index in [-0.39, 0.29) is 11.9 Å². The third-order valence-electron chi connectivity index (χ3n) is 9.57. The molecule has 2 saturated heterocycles. The smallest absolute Gasteiger partial charge is 0.248 e. The maximum Gasteiger partial charge on any atom is 0.248 e. The van der Waals surface area contributed by atoms with Gasteiger partial charge in [0.05, 0.1) is 28.3 Å². The second kappa shape index (κ2) is 11.6. The molecule has 5 heterocycles. The number of carbonyl (C=O) groups excluding carboxylic acids is 1. The zero-order chi connectivity index (χ0) is 29.5. The molecule has 5 aromatic rings. The summed E-state index contributed by atoms with van der Waals surface area (Å²) in [7, 11) is 0. The number of piperidine rings is 1. The van der Waals surface area contributed by atoms with E-state index in [4.69, 9.17) is 14.2 Å². The average Bonchev–Trinajstić information content (AvgIpc) is 3.56. The molecule has 0 aliphatic carbocycles. The van der Waals surface area contributed by atoms with Crippen LogP contribution in [-0.4, -0.2) is 63.5 Å². The summed E-state index contributed by atoms with van der Waals surface area (Å²) in [6.07, 6.45) is 5.72. The number of aromatic nitrogens is 3. The van der Waals surface area contributed by atoms with Gasteiger partial charge in [0.25, 0.3) is 0 Å². The van der Waals surface area contributed by atoms with Gasteiger partial charge < -0.3 is 23.8 Å². The van der Waals surface area contributed by atoms with Gasteiger partial charge in [-0.15, -0.1) is 0 Å². The lowest BCUT2D eigenvalue weighted by Gasteiger charge is -2.33. The predicted molar refractivity (Wildman–Crippen MR) is 166 cm³/mol. The van der Waals surface area contributed by atoms with Gasteiger partial charge in [-0.2, -0.15) is 0 Å². The number of likely N-dealkylation sites (tertiary alicyclic amines) is 1. The van der Waals surface area contributed by atoms with Crippen LogP contribution in [0.3, 0.4) is 0 Å². The Kier molecular flexibility index (Phi) is 7.49. The summed E-state index contributed by atoms with van der Waals surface area (Å²) in [6, 6.07) is 20.1. The van der Waals surface area contributed by atoms with Gasteiger partial charge >= 0.3 is 0 Å². The number of amides is 1. The molecule has 8 nitrogen and oxygen atoms in total. The Morgan fingerprint density at radius 3 is 2.47 bits per heavy atom. The summed E-state index contributed by atoms with van der Waals surface area (Å²) in [4.78, 5) is 18.9. The number of carbonyl (C=O) groups is 1. The zero-order valence-corrected chi connectivity index (χ0v) is 24.8. The number of nitrogens with zero attached hydrogens (tertiary/aromatic N) is 4. The van der Waals surface area contributed by atoms with Crippen LogP contribution in [0.15, 0.2) is 65.3 Å². The second-order valence-corrected chi connectivity index (χ2v) is 12.1. The Labute approximate surface area is 251 Å². The van der Waals surface area contributed by atoms with E-state index in [9.17, 15) is 9.90 Å².